The van der Waals surface area contributed by atoms with Gasteiger partial charge >= 0.3 is 0 Å². The van der Waals surface area contributed by atoms with Crippen molar-refractivity contribution in [1.82, 2.24) is 4.90 Å². The van der Waals surface area contributed by atoms with E-state index in [0.29, 0.717) is 13.0 Å². The first-order chi connectivity index (χ1) is 8.10. The molecule has 17 heavy (non-hydrogen) atoms. The van der Waals surface area contributed by atoms with E-state index in [1.807, 2.05) is 13.0 Å². The van der Waals surface area contributed by atoms with Crippen LogP contribution in [0.15, 0.2) is 18.2 Å². The highest BCUT2D eigenvalue weighted by atomic mass is 19.1. The van der Waals surface area contributed by atoms with E-state index < -0.39 is 17.5 Å². The number of benzene rings is 1. The highest BCUT2D eigenvalue weighted by molar-refractivity contribution is 5.96. The Bertz CT molecular complexity index is 454. The number of hydrogen-bond acceptors (Lipinski definition) is 3. The number of carbonyl (C=O) groups excluding carboxylic acids is 1. The second kappa shape index (κ2) is 5.85. The highest BCUT2D eigenvalue weighted by Crippen LogP contribution is 2.19. The van der Waals surface area contributed by atoms with Gasteiger partial charge in [0, 0.05) is 12.6 Å². The van der Waals surface area contributed by atoms with Crippen molar-refractivity contribution in [3.05, 3.63) is 29.6 Å². The van der Waals surface area contributed by atoms with E-state index in [4.69, 9.17) is 5.26 Å². The summed E-state index contributed by atoms with van der Waals surface area (Å²) in [4.78, 5) is 13.3. The van der Waals surface area contributed by atoms with Crippen LogP contribution >= 0.6 is 0 Å². The molecule has 0 unspecified atom stereocenters. The molecule has 1 aromatic carbocycles. The molecular formula is C12H13FN2O2. The lowest BCUT2D eigenvalue weighted by Crippen LogP contribution is -2.32. The summed E-state index contributed by atoms with van der Waals surface area (Å²) in [6.45, 7) is 2.24. The van der Waals surface area contributed by atoms with Gasteiger partial charge in [-0.25, -0.2) is 4.39 Å². The molecule has 0 aliphatic rings. The number of phenolic OH excluding ortho intramolecular Hbond substituents is 1. The molecule has 5 heteroatoms. The Hall–Kier alpha value is -2.09. The molecule has 4 nitrogen and oxygen atoms in total. The van der Waals surface area contributed by atoms with Gasteiger partial charge in [-0.15, -0.1) is 0 Å². The maximum atomic E-state index is 12.8. The Kier molecular flexibility index (Phi) is 4.46. The molecule has 1 rings (SSSR count). The predicted octanol–water partition coefficient (Wildman–Crippen LogP) is 1.91. The fourth-order valence-corrected chi connectivity index (χ4v) is 1.46. The van der Waals surface area contributed by atoms with E-state index in [2.05, 4.69) is 0 Å². The Balaban J connectivity index is 2.97. The third kappa shape index (κ3) is 3.18. The van der Waals surface area contributed by atoms with Crippen molar-refractivity contribution in [2.45, 2.75) is 13.3 Å². The lowest BCUT2D eigenvalue weighted by Gasteiger charge is -2.19. The van der Waals surface area contributed by atoms with Gasteiger partial charge in [-0.1, -0.05) is 6.92 Å². The molecule has 0 aliphatic heterocycles. The average molecular weight is 236 g/mol. The van der Waals surface area contributed by atoms with Crippen LogP contribution in [-0.2, 0) is 0 Å². The third-order valence-corrected chi connectivity index (χ3v) is 2.23. The fourth-order valence-electron chi connectivity index (χ4n) is 1.46. The number of nitriles is 1. The maximum Gasteiger partial charge on any atom is 0.258 e. The molecule has 0 saturated heterocycles. The molecule has 1 N–H and O–H groups in total. The van der Waals surface area contributed by atoms with E-state index in [1.165, 1.54) is 11.0 Å². The topological polar surface area (TPSA) is 64.3 Å². The quantitative estimate of drug-likeness (QED) is 0.812. The molecule has 0 saturated carbocycles. The zero-order valence-electron chi connectivity index (χ0n) is 9.48. The van der Waals surface area contributed by atoms with E-state index in [1.54, 1.807) is 0 Å². The van der Waals surface area contributed by atoms with Crippen LogP contribution in [0.3, 0.4) is 0 Å². The first-order valence-electron chi connectivity index (χ1n) is 5.25. The van der Waals surface area contributed by atoms with Crippen LogP contribution < -0.4 is 0 Å². The molecule has 1 aromatic rings. The van der Waals surface area contributed by atoms with Crippen LogP contribution in [0.2, 0.25) is 0 Å². The zero-order chi connectivity index (χ0) is 12.8. The Labute approximate surface area is 98.9 Å². The number of phenols is 1. The van der Waals surface area contributed by atoms with Gasteiger partial charge < -0.3 is 10.0 Å². The van der Waals surface area contributed by atoms with Crippen LogP contribution in [0.4, 0.5) is 4.39 Å². The molecule has 0 bridgehead atoms. The van der Waals surface area contributed by atoms with E-state index in [9.17, 15) is 14.3 Å². The first-order valence-corrected chi connectivity index (χ1v) is 5.25. The standard InChI is InChI=1S/C12H13FN2O2/c1-2-6-15(7-5-14)12(17)10-4-3-9(13)8-11(10)16/h3-4,8,16H,2,6-7H2,1H3. The summed E-state index contributed by atoms with van der Waals surface area (Å²) in [6.07, 6.45) is 0.704. The number of amides is 1. The van der Waals surface area contributed by atoms with E-state index in [-0.39, 0.29) is 12.1 Å². The minimum absolute atomic E-state index is 0.00935. The van der Waals surface area contributed by atoms with Gasteiger partial charge in [-0.05, 0) is 18.6 Å². The Morgan fingerprint density at radius 1 is 1.59 bits per heavy atom. The zero-order valence-corrected chi connectivity index (χ0v) is 9.48. The predicted molar refractivity (Wildman–Crippen MR) is 59.9 cm³/mol. The van der Waals surface area contributed by atoms with Gasteiger partial charge in [0.25, 0.3) is 5.91 Å². The number of rotatable bonds is 4. The molecule has 0 aromatic heterocycles. The summed E-state index contributed by atoms with van der Waals surface area (Å²) in [6, 6.07) is 5.08. The average Bonchev–Trinajstić information content (AvgIpc) is 2.28. The maximum absolute atomic E-state index is 12.8. The summed E-state index contributed by atoms with van der Waals surface area (Å²) < 4.78 is 12.8. The van der Waals surface area contributed by atoms with Gasteiger partial charge in [0.1, 0.15) is 18.1 Å². The lowest BCUT2D eigenvalue weighted by atomic mass is 10.1. The smallest absolute Gasteiger partial charge is 0.258 e. The van der Waals surface area contributed by atoms with Gasteiger partial charge in [0.05, 0.1) is 11.6 Å². The summed E-state index contributed by atoms with van der Waals surface area (Å²) in [7, 11) is 0. The van der Waals surface area contributed by atoms with Crippen LogP contribution in [0.25, 0.3) is 0 Å². The summed E-state index contributed by atoms with van der Waals surface area (Å²) in [5.41, 5.74) is 0.00935. The minimum Gasteiger partial charge on any atom is -0.507 e. The van der Waals surface area contributed by atoms with Gasteiger partial charge in [0.2, 0.25) is 0 Å². The van der Waals surface area contributed by atoms with Crippen molar-refractivity contribution < 1.29 is 14.3 Å². The van der Waals surface area contributed by atoms with Crippen molar-refractivity contribution in [3.63, 3.8) is 0 Å². The second-order valence-electron chi connectivity index (χ2n) is 3.55. The van der Waals surface area contributed by atoms with Gasteiger partial charge in [-0.3, -0.25) is 4.79 Å². The van der Waals surface area contributed by atoms with Gasteiger partial charge in [-0.2, -0.15) is 5.26 Å². The third-order valence-electron chi connectivity index (χ3n) is 2.23. The van der Waals surface area contributed by atoms with Crippen LogP contribution in [0.1, 0.15) is 23.7 Å². The van der Waals surface area contributed by atoms with Crippen molar-refractivity contribution in [3.8, 4) is 11.8 Å². The molecule has 0 heterocycles. The largest absolute Gasteiger partial charge is 0.507 e. The van der Waals surface area contributed by atoms with Crippen molar-refractivity contribution in [2.24, 2.45) is 0 Å². The SMILES string of the molecule is CCCN(CC#N)C(=O)c1ccc(F)cc1O. The fraction of sp³-hybridized carbons (Fsp3) is 0.333. The molecule has 1 amide bonds. The monoisotopic (exact) mass is 236 g/mol. The van der Waals surface area contributed by atoms with Crippen LogP contribution in [0.5, 0.6) is 5.75 Å². The molecule has 0 atom stereocenters. The normalized spacial score (nSPS) is 9.71. The van der Waals surface area contributed by atoms with Crippen LogP contribution in [0, 0.1) is 17.1 Å². The summed E-state index contributed by atoms with van der Waals surface area (Å²) >= 11 is 0. The number of halogens is 1. The Morgan fingerprint density at radius 2 is 2.29 bits per heavy atom. The molecule has 0 fully saturated rings. The highest BCUT2D eigenvalue weighted by Gasteiger charge is 2.18. The van der Waals surface area contributed by atoms with E-state index in [0.717, 1.165) is 12.1 Å². The minimum atomic E-state index is -0.610. The first kappa shape index (κ1) is 13.0. The van der Waals surface area contributed by atoms with Crippen molar-refractivity contribution >= 4 is 5.91 Å². The molecule has 0 spiro atoms. The lowest BCUT2D eigenvalue weighted by molar-refractivity contribution is 0.0773. The van der Waals surface area contributed by atoms with Gasteiger partial charge in [0.15, 0.2) is 0 Å². The molecular weight excluding hydrogens is 223 g/mol. The van der Waals surface area contributed by atoms with Crippen molar-refractivity contribution in [2.75, 3.05) is 13.1 Å². The number of hydrogen-bond donors (Lipinski definition) is 1. The van der Waals surface area contributed by atoms with Crippen LogP contribution in [-0.4, -0.2) is 29.0 Å². The molecule has 0 aliphatic carbocycles. The van der Waals surface area contributed by atoms with Crippen molar-refractivity contribution in [1.29, 1.82) is 5.26 Å². The number of carbonyl (C=O) groups is 1. The molecule has 0 radical (unpaired) electrons. The number of aromatic hydroxyl groups is 1. The Morgan fingerprint density at radius 3 is 2.82 bits per heavy atom. The summed E-state index contributed by atoms with van der Waals surface area (Å²) in [5.74, 6) is -1.48. The number of nitrogens with zero attached hydrogens (tertiary/aromatic N) is 2. The second-order valence-corrected chi connectivity index (χ2v) is 3.55. The van der Waals surface area contributed by atoms with E-state index >= 15 is 0 Å². The summed E-state index contributed by atoms with van der Waals surface area (Å²) in [5, 5.41) is 18.1. The molecule has 90 valence electrons.